The predicted octanol–water partition coefficient (Wildman–Crippen LogP) is 2.13. The lowest BCUT2D eigenvalue weighted by molar-refractivity contribution is -0.137. The molecule has 0 aromatic carbocycles. The van der Waals surface area contributed by atoms with Crippen LogP contribution in [0.1, 0.15) is 45.4 Å². The van der Waals surface area contributed by atoms with Crippen LogP contribution in [-0.2, 0) is 4.79 Å². The standard InChI is InChI=1S/C16H31N3O.ClH/c1-14(16(20)19-9-5-3-4-6-10-19)18-11-7-15(8-12-18)13-17-2;/h14-15,17H,3-13H2,1-2H3;1H. The Morgan fingerprint density at radius 3 is 2.19 bits per heavy atom. The van der Waals surface area contributed by atoms with Gasteiger partial charge in [0.05, 0.1) is 6.04 Å². The van der Waals surface area contributed by atoms with Crippen LogP contribution in [0.25, 0.3) is 0 Å². The number of amides is 1. The number of carbonyl (C=O) groups is 1. The lowest BCUT2D eigenvalue weighted by Crippen LogP contribution is -2.50. The van der Waals surface area contributed by atoms with Crippen molar-refractivity contribution in [3.63, 3.8) is 0 Å². The monoisotopic (exact) mass is 317 g/mol. The molecule has 4 nitrogen and oxygen atoms in total. The van der Waals surface area contributed by atoms with Crippen LogP contribution in [0.2, 0.25) is 0 Å². The van der Waals surface area contributed by atoms with E-state index in [-0.39, 0.29) is 18.4 Å². The zero-order valence-electron chi connectivity index (χ0n) is 13.6. The number of carbonyl (C=O) groups excluding carboxylic acids is 1. The molecule has 1 amide bonds. The molecule has 0 aromatic heterocycles. The minimum atomic E-state index is 0. The minimum Gasteiger partial charge on any atom is -0.341 e. The number of halogens is 1. The van der Waals surface area contributed by atoms with E-state index in [4.69, 9.17) is 0 Å². The highest BCUT2D eigenvalue weighted by molar-refractivity contribution is 5.85. The molecule has 2 aliphatic rings. The molecule has 2 rings (SSSR count). The van der Waals surface area contributed by atoms with Gasteiger partial charge in [-0.3, -0.25) is 9.69 Å². The molecule has 0 saturated carbocycles. The average Bonchev–Trinajstić information content (AvgIpc) is 2.76. The summed E-state index contributed by atoms with van der Waals surface area (Å²) in [6, 6.07) is 0.0728. The van der Waals surface area contributed by atoms with E-state index in [0.29, 0.717) is 5.91 Å². The minimum absolute atomic E-state index is 0. The second-order valence-corrected chi connectivity index (χ2v) is 6.45. The number of piperidine rings is 1. The van der Waals surface area contributed by atoms with Crippen molar-refractivity contribution in [3.8, 4) is 0 Å². The molecule has 0 radical (unpaired) electrons. The quantitative estimate of drug-likeness (QED) is 0.863. The molecule has 2 heterocycles. The summed E-state index contributed by atoms with van der Waals surface area (Å²) in [6.07, 6.45) is 7.38. The highest BCUT2D eigenvalue weighted by Gasteiger charge is 2.29. The number of rotatable bonds is 4. The van der Waals surface area contributed by atoms with Gasteiger partial charge >= 0.3 is 0 Å². The van der Waals surface area contributed by atoms with Crippen LogP contribution in [0.4, 0.5) is 0 Å². The van der Waals surface area contributed by atoms with Gasteiger partial charge in [-0.05, 0) is 65.2 Å². The Kier molecular flexibility index (Phi) is 8.60. The number of hydrogen-bond acceptors (Lipinski definition) is 3. The fourth-order valence-electron chi connectivity index (χ4n) is 3.54. The summed E-state index contributed by atoms with van der Waals surface area (Å²) in [5, 5.41) is 3.27. The van der Waals surface area contributed by atoms with Gasteiger partial charge in [0, 0.05) is 13.1 Å². The van der Waals surface area contributed by atoms with Crippen molar-refractivity contribution in [2.24, 2.45) is 5.92 Å². The molecule has 21 heavy (non-hydrogen) atoms. The van der Waals surface area contributed by atoms with Crippen molar-refractivity contribution >= 4 is 18.3 Å². The van der Waals surface area contributed by atoms with Crippen molar-refractivity contribution in [2.45, 2.75) is 51.5 Å². The molecule has 1 atom stereocenters. The summed E-state index contributed by atoms with van der Waals surface area (Å²) < 4.78 is 0. The molecule has 2 fully saturated rings. The van der Waals surface area contributed by atoms with Gasteiger partial charge in [-0.1, -0.05) is 12.8 Å². The second-order valence-electron chi connectivity index (χ2n) is 6.45. The van der Waals surface area contributed by atoms with Crippen LogP contribution in [0, 0.1) is 5.92 Å². The molecular formula is C16H32ClN3O. The van der Waals surface area contributed by atoms with Crippen LogP contribution >= 0.6 is 12.4 Å². The molecule has 0 aromatic rings. The fraction of sp³-hybridized carbons (Fsp3) is 0.938. The molecular weight excluding hydrogens is 286 g/mol. The van der Waals surface area contributed by atoms with E-state index >= 15 is 0 Å². The van der Waals surface area contributed by atoms with E-state index in [0.717, 1.165) is 38.6 Å². The normalized spacial score (nSPS) is 23.2. The van der Waals surface area contributed by atoms with Gasteiger partial charge in [-0.15, -0.1) is 12.4 Å². The largest absolute Gasteiger partial charge is 0.341 e. The number of nitrogens with zero attached hydrogens (tertiary/aromatic N) is 2. The molecule has 0 bridgehead atoms. The first kappa shape index (κ1) is 18.7. The lowest BCUT2D eigenvalue weighted by Gasteiger charge is -2.37. The van der Waals surface area contributed by atoms with Gasteiger partial charge in [0.15, 0.2) is 0 Å². The smallest absolute Gasteiger partial charge is 0.239 e. The highest BCUT2D eigenvalue weighted by atomic mass is 35.5. The Bertz CT molecular complexity index is 298. The Morgan fingerprint density at radius 2 is 1.67 bits per heavy atom. The van der Waals surface area contributed by atoms with E-state index < -0.39 is 0 Å². The van der Waals surface area contributed by atoms with Crippen LogP contribution in [-0.4, -0.2) is 61.5 Å². The van der Waals surface area contributed by atoms with Crippen molar-refractivity contribution < 1.29 is 4.79 Å². The molecule has 2 saturated heterocycles. The highest BCUT2D eigenvalue weighted by Crippen LogP contribution is 2.20. The van der Waals surface area contributed by atoms with Gasteiger partial charge in [0.2, 0.25) is 5.91 Å². The third kappa shape index (κ3) is 5.42. The van der Waals surface area contributed by atoms with Gasteiger partial charge in [-0.2, -0.15) is 0 Å². The van der Waals surface area contributed by atoms with E-state index in [2.05, 4.69) is 22.0 Å². The zero-order valence-corrected chi connectivity index (χ0v) is 14.5. The molecule has 0 spiro atoms. The first-order valence-corrected chi connectivity index (χ1v) is 8.40. The van der Waals surface area contributed by atoms with Gasteiger partial charge in [0.25, 0.3) is 0 Å². The summed E-state index contributed by atoms with van der Waals surface area (Å²) in [5.41, 5.74) is 0. The summed E-state index contributed by atoms with van der Waals surface area (Å²) >= 11 is 0. The first-order valence-electron chi connectivity index (χ1n) is 8.40. The maximum absolute atomic E-state index is 12.6. The van der Waals surface area contributed by atoms with Crippen LogP contribution < -0.4 is 5.32 Å². The van der Waals surface area contributed by atoms with E-state index in [1.165, 1.54) is 38.5 Å². The fourth-order valence-corrected chi connectivity index (χ4v) is 3.54. The average molecular weight is 318 g/mol. The molecule has 1 unspecified atom stereocenters. The Hall–Kier alpha value is -0.320. The zero-order chi connectivity index (χ0) is 14.4. The van der Waals surface area contributed by atoms with Crippen LogP contribution in [0.5, 0.6) is 0 Å². The maximum atomic E-state index is 12.6. The molecule has 5 heteroatoms. The lowest BCUT2D eigenvalue weighted by atomic mass is 9.95. The van der Waals surface area contributed by atoms with Crippen LogP contribution in [0.3, 0.4) is 0 Å². The van der Waals surface area contributed by atoms with E-state index in [9.17, 15) is 4.79 Å². The summed E-state index contributed by atoms with van der Waals surface area (Å²) in [7, 11) is 2.03. The second kappa shape index (κ2) is 9.65. The van der Waals surface area contributed by atoms with E-state index in [1.807, 2.05) is 7.05 Å². The third-order valence-corrected chi connectivity index (χ3v) is 4.96. The van der Waals surface area contributed by atoms with Gasteiger partial charge < -0.3 is 10.2 Å². The SMILES string of the molecule is CNCC1CCN(C(C)C(=O)N2CCCCCC2)CC1.Cl. The Morgan fingerprint density at radius 1 is 1.10 bits per heavy atom. The Labute approximate surface area is 136 Å². The van der Waals surface area contributed by atoms with Gasteiger partial charge in [0.1, 0.15) is 0 Å². The Balaban J connectivity index is 0.00000220. The summed E-state index contributed by atoms with van der Waals surface area (Å²) in [5.74, 6) is 1.15. The maximum Gasteiger partial charge on any atom is 0.239 e. The molecule has 124 valence electrons. The number of hydrogen-bond donors (Lipinski definition) is 1. The third-order valence-electron chi connectivity index (χ3n) is 4.96. The van der Waals surface area contributed by atoms with Crippen molar-refractivity contribution in [1.82, 2.24) is 15.1 Å². The number of nitrogens with one attached hydrogen (secondary N) is 1. The predicted molar refractivity (Wildman–Crippen MR) is 90.0 cm³/mol. The number of likely N-dealkylation sites (tertiary alicyclic amines) is 2. The summed E-state index contributed by atoms with van der Waals surface area (Å²) in [4.78, 5) is 17.1. The molecule has 1 N–H and O–H groups in total. The first-order chi connectivity index (χ1) is 9.72. The van der Waals surface area contributed by atoms with Crippen LogP contribution in [0.15, 0.2) is 0 Å². The van der Waals surface area contributed by atoms with Crippen molar-refractivity contribution in [2.75, 3.05) is 39.8 Å². The van der Waals surface area contributed by atoms with Crippen molar-refractivity contribution in [3.05, 3.63) is 0 Å². The topological polar surface area (TPSA) is 35.6 Å². The molecule has 2 aliphatic heterocycles. The van der Waals surface area contributed by atoms with Gasteiger partial charge in [-0.25, -0.2) is 0 Å². The van der Waals surface area contributed by atoms with E-state index in [1.54, 1.807) is 0 Å². The van der Waals surface area contributed by atoms with Crippen molar-refractivity contribution in [1.29, 1.82) is 0 Å². The summed E-state index contributed by atoms with van der Waals surface area (Å²) in [6.45, 7) is 7.31. The molecule has 0 aliphatic carbocycles.